The summed E-state index contributed by atoms with van der Waals surface area (Å²) in [6.45, 7) is 7.85. The average Bonchev–Trinajstić information content (AvgIpc) is 3.13. The second-order valence-corrected chi connectivity index (χ2v) is 12.9. The molecule has 2 aliphatic heterocycles. The number of nitrogens with two attached hydrogens (primary N) is 1. The average molecular weight is 585 g/mol. The maximum Gasteiger partial charge on any atom is 0.405 e. The maximum atomic E-state index is 13.6. The number of carbonyl (C=O) groups excluding carboxylic acids is 1. The Morgan fingerprint density at radius 3 is 2.69 bits per heavy atom. The fourth-order valence-electron chi connectivity index (χ4n) is 3.71. The van der Waals surface area contributed by atoms with Crippen molar-refractivity contribution in [3.63, 3.8) is 0 Å². The van der Waals surface area contributed by atoms with E-state index < -0.39 is 37.2 Å². The molecule has 14 heteroatoms. The van der Waals surface area contributed by atoms with Crippen molar-refractivity contribution in [1.82, 2.24) is 9.99 Å². The van der Waals surface area contributed by atoms with E-state index in [0.29, 0.717) is 0 Å². The summed E-state index contributed by atoms with van der Waals surface area (Å²) >= 11 is 0.957. The molecule has 2 aliphatic rings. The molecule has 0 spiro atoms. The zero-order chi connectivity index (χ0) is 28.8. The summed E-state index contributed by atoms with van der Waals surface area (Å²) < 4.78 is 30.8. The Morgan fingerprint density at radius 1 is 1.36 bits per heavy atom. The molecular weight excluding hydrogens is 547 g/mol. The van der Waals surface area contributed by atoms with Crippen molar-refractivity contribution >= 4 is 30.5 Å². The number of aliphatic imine (C=N–C) groups is 1. The third-order valence-corrected chi connectivity index (χ3v) is 8.97. The van der Waals surface area contributed by atoms with Gasteiger partial charge >= 0.3 is 7.75 Å². The number of ether oxygens (including phenoxy) is 1. The van der Waals surface area contributed by atoms with E-state index >= 15 is 0 Å². The van der Waals surface area contributed by atoms with Gasteiger partial charge in [0.2, 0.25) is 0 Å². The van der Waals surface area contributed by atoms with Crippen LogP contribution in [0.15, 0.2) is 60.0 Å². The first-order valence-electron chi connectivity index (χ1n) is 12.3. The zero-order valence-corrected chi connectivity index (χ0v) is 23.9. The highest BCUT2D eigenvalue weighted by Crippen LogP contribution is 2.46. The van der Waals surface area contributed by atoms with Crippen molar-refractivity contribution in [1.29, 1.82) is 0 Å². The highest BCUT2D eigenvalue weighted by molar-refractivity contribution is 8.13. The first-order chi connectivity index (χ1) is 18.3. The van der Waals surface area contributed by atoms with E-state index in [0.717, 1.165) is 17.3 Å². The van der Waals surface area contributed by atoms with Gasteiger partial charge in [0.1, 0.15) is 29.5 Å². The van der Waals surface area contributed by atoms with Gasteiger partial charge in [0.25, 0.3) is 0 Å². The van der Waals surface area contributed by atoms with E-state index in [1.165, 1.54) is 24.1 Å². The van der Waals surface area contributed by atoms with Crippen LogP contribution >= 0.6 is 19.5 Å². The molecule has 0 bridgehead atoms. The summed E-state index contributed by atoms with van der Waals surface area (Å²) in [5.41, 5.74) is 3.84. The first-order valence-corrected chi connectivity index (χ1v) is 14.8. The number of rotatable bonds is 13. The number of nitrogens with zero attached hydrogens (tertiary/aromatic N) is 2. The number of amidine groups is 1. The largest absolute Gasteiger partial charge is 0.405 e. The summed E-state index contributed by atoms with van der Waals surface area (Å²) in [6.07, 6.45) is -0.525. The Labute approximate surface area is 232 Å². The highest BCUT2D eigenvalue weighted by atomic mass is 32.2. The lowest BCUT2D eigenvalue weighted by atomic mass is 9.96. The van der Waals surface area contributed by atoms with Gasteiger partial charge in [-0.05, 0) is 32.4 Å². The number of nitrogens with one attached hydrogen (secondary N) is 1. The highest BCUT2D eigenvalue weighted by Gasteiger charge is 2.55. The normalized spacial score (nSPS) is 26.9. The second-order valence-electron chi connectivity index (χ2n) is 10.00. The van der Waals surface area contributed by atoms with Crippen molar-refractivity contribution < 1.29 is 38.5 Å². The van der Waals surface area contributed by atoms with Gasteiger partial charge in [-0.1, -0.05) is 48.7 Å². The number of thioether (sulfide) groups is 1. The smallest absolute Gasteiger partial charge is 0.395 e. The van der Waals surface area contributed by atoms with Crippen LogP contribution in [0, 0.1) is 5.41 Å². The minimum Gasteiger partial charge on any atom is -0.395 e. The van der Waals surface area contributed by atoms with Crippen LogP contribution in [0.3, 0.4) is 0 Å². The number of hydrogen-bond acceptors (Lipinski definition) is 12. The molecule has 0 amide bonds. The van der Waals surface area contributed by atoms with E-state index in [1.54, 1.807) is 13.8 Å². The summed E-state index contributed by atoms with van der Waals surface area (Å²) in [5.74, 6) is 0.621. The molecule has 0 saturated carbocycles. The van der Waals surface area contributed by atoms with Gasteiger partial charge in [-0.2, -0.15) is 0 Å². The fourth-order valence-corrected chi connectivity index (χ4v) is 5.95. The van der Waals surface area contributed by atoms with Gasteiger partial charge in [-0.15, -0.1) is 0 Å². The van der Waals surface area contributed by atoms with E-state index in [2.05, 4.69) is 16.7 Å². The summed E-state index contributed by atoms with van der Waals surface area (Å²) in [4.78, 5) is 17.8. The van der Waals surface area contributed by atoms with Gasteiger partial charge in [0.15, 0.2) is 11.3 Å². The van der Waals surface area contributed by atoms with Crippen LogP contribution in [0.4, 0.5) is 0 Å². The van der Waals surface area contributed by atoms with Gasteiger partial charge in [0, 0.05) is 18.5 Å². The Bertz CT molecular complexity index is 1130. The maximum absolute atomic E-state index is 13.6. The number of benzene rings is 1. The number of hydrogen-bond donors (Lipinski definition) is 5. The Hall–Kier alpha value is -2.06. The zero-order valence-electron chi connectivity index (χ0n) is 22.2. The van der Waals surface area contributed by atoms with Crippen LogP contribution < -0.4 is 10.8 Å². The summed E-state index contributed by atoms with van der Waals surface area (Å²) in [6, 6.07) is 9.19. The van der Waals surface area contributed by atoms with Crippen LogP contribution in [0.25, 0.3) is 0 Å². The molecule has 12 nitrogen and oxygen atoms in total. The van der Waals surface area contributed by atoms with Crippen molar-refractivity contribution in [2.45, 2.75) is 51.4 Å². The molecule has 216 valence electrons. The van der Waals surface area contributed by atoms with Crippen LogP contribution in [-0.2, 0) is 29.7 Å². The first kappa shape index (κ1) is 31.5. The molecule has 0 aliphatic carbocycles. The fraction of sp³-hybridized carbons (Fsp3) is 0.520. The Kier molecular flexibility index (Phi) is 10.5. The molecule has 39 heavy (non-hydrogen) atoms. The number of aliphatic hydroxyl groups excluding tert-OH is 2. The molecule has 0 radical (unpaired) electrons. The second kappa shape index (κ2) is 13.1. The lowest BCUT2D eigenvalue weighted by molar-refractivity contribution is -0.119. The number of aliphatic hydroxyl groups is 3. The standard InChI is InChI=1S/C25H37N4O8PS/c1-17-28-20(26)10-11-29(17)22-25(4,33)21(31)19(37-22)15-36-38(34,27-14-18-8-6-5-7-9-18)35-12-13-39-23(32)24(2,3)16-30/h5-11,19,21-22,30-31,33H,1,12-16H2,2-4H3,(H2,26,28)(H,27,34)/t19-,21?,22-,25+,38?/m1/s1. The lowest BCUT2D eigenvalue weighted by Gasteiger charge is -2.35. The Morgan fingerprint density at radius 2 is 2.05 bits per heavy atom. The third kappa shape index (κ3) is 8.00. The van der Waals surface area contributed by atoms with Gasteiger partial charge in [0.05, 0.1) is 25.2 Å². The number of carbonyl (C=O) groups is 1. The van der Waals surface area contributed by atoms with Crippen molar-refractivity contribution in [3.05, 3.63) is 60.6 Å². The van der Waals surface area contributed by atoms with Gasteiger partial charge < -0.3 is 30.7 Å². The molecule has 1 saturated heterocycles. The summed E-state index contributed by atoms with van der Waals surface area (Å²) in [7, 11) is -3.97. The van der Waals surface area contributed by atoms with Crippen LogP contribution in [-0.4, -0.2) is 80.8 Å². The minimum absolute atomic E-state index is 0.0940. The van der Waals surface area contributed by atoms with E-state index in [1.807, 2.05) is 30.3 Å². The molecular formula is C25H37N4O8PS. The topological polar surface area (TPSA) is 176 Å². The van der Waals surface area contributed by atoms with Gasteiger partial charge in [-0.3, -0.25) is 13.8 Å². The SMILES string of the molecule is C=C1N=C(N)C=CN1[C@@H]1O[C@H](COP(=O)(NCc2ccccc2)OCCSC(=O)C(C)(C)CO)C(O)[C@]1(C)O. The van der Waals surface area contributed by atoms with Gasteiger partial charge in [-0.25, -0.2) is 14.6 Å². The quantitative estimate of drug-likeness (QED) is 0.168. The third-order valence-electron chi connectivity index (χ3n) is 6.22. The molecule has 0 aromatic heterocycles. The molecule has 5 atom stereocenters. The molecule has 6 N–H and O–H groups in total. The van der Waals surface area contributed by atoms with Crippen molar-refractivity contribution in [2.24, 2.45) is 16.1 Å². The van der Waals surface area contributed by atoms with E-state index in [4.69, 9.17) is 19.5 Å². The summed E-state index contributed by atoms with van der Waals surface area (Å²) in [5, 5.41) is 33.8. The molecule has 3 rings (SSSR count). The molecule has 1 aromatic carbocycles. The molecule has 2 unspecified atom stereocenters. The molecule has 2 heterocycles. The van der Waals surface area contributed by atoms with E-state index in [9.17, 15) is 24.7 Å². The Balaban J connectivity index is 1.65. The monoisotopic (exact) mass is 584 g/mol. The predicted octanol–water partition coefficient (Wildman–Crippen LogP) is 1.69. The van der Waals surface area contributed by atoms with Crippen molar-refractivity contribution in [2.75, 3.05) is 25.6 Å². The molecule has 1 fully saturated rings. The van der Waals surface area contributed by atoms with Crippen molar-refractivity contribution in [3.8, 4) is 0 Å². The van der Waals surface area contributed by atoms with E-state index in [-0.39, 0.29) is 48.9 Å². The van der Waals surface area contributed by atoms with Crippen LogP contribution in [0.2, 0.25) is 0 Å². The van der Waals surface area contributed by atoms with Crippen LogP contribution in [0.5, 0.6) is 0 Å². The lowest BCUT2D eigenvalue weighted by Crippen LogP contribution is -2.51. The molecule has 1 aromatic rings. The predicted molar refractivity (Wildman–Crippen MR) is 148 cm³/mol. The van der Waals surface area contributed by atoms with Crippen LogP contribution in [0.1, 0.15) is 26.3 Å². The minimum atomic E-state index is -3.97.